The quantitative estimate of drug-likeness (QED) is 0.0790. The number of esters is 7. The van der Waals surface area contributed by atoms with Crippen LogP contribution in [0.25, 0.3) is 0 Å². The van der Waals surface area contributed by atoms with E-state index < -0.39 is 167 Å². The molecule has 15 atom stereocenters. The van der Waals surface area contributed by atoms with Crippen molar-refractivity contribution in [2.24, 2.45) is 0 Å². The van der Waals surface area contributed by atoms with E-state index in [0.29, 0.717) is 0 Å². The van der Waals surface area contributed by atoms with Crippen LogP contribution in [0.4, 0.5) is 0 Å². The molecule has 0 bridgehead atoms. The minimum atomic E-state index is -1.49. The van der Waals surface area contributed by atoms with Crippen molar-refractivity contribution in [1.29, 1.82) is 0 Å². The van der Waals surface area contributed by atoms with Crippen molar-refractivity contribution in [2.75, 3.05) is 19.8 Å². The van der Waals surface area contributed by atoms with Gasteiger partial charge in [-0.2, -0.15) is 0 Å². The van der Waals surface area contributed by atoms with Gasteiger partial charge in [-0.15, -0.1) is 36.2 Å². The average molecular weight is 970 g/mol. The smallest absolute Gasteiger partial charge is 0.303 e. The van der Waals surface area contributed by atoms with Gasteiger partial charge in [-0.1, -0.05) is 0 Å². The highest BCUT2D eigenvalue weighted by molar-refractivity contribution is 8.01. The fraction of sp³-hybridized carbons (Fsp3) is 0.737. The Morgan fingerprint density at radius 1 is 0.422 bits per heavy atom. The van der Waals surface area contributed by atoms with E-state index in [2.05, 4.69) is 28.6 Å². The molecule has 3 N–H and O–H groups in total. The van der Waals surface area contributed by atoms with Crippen LogP contribution in [0.1, 0.15) is 69.2 Å². The average Bonchev–Trinajstić information content (AvgIpc) is 3.15. The van der Waals surface area contributed by atoms with Crippen LogP contribution in [0.3, 0.4) is 0 Å². The maximum Gasteiger partial charge on any atom is 0.303 e. The Kier molecular flexibility index (Phi) is 20.9. The summed E-state index contributed by atoms with van der Waals surface area (Å²) in [6, 6.07) is -3.79. The van der Waals surface area contributed by atoms with Crippen LogP contribution < -0.4 is 16.0 Å². The van der Waals surface area contributed by atoms with Crippen LogP contribution in [0, 0.1) is 0 Å². The standard InChI is InChI=1S/C38H55N3O20S3/c1-14(42)39-27-32(57-22(9)50)34(25(59-36(27)62)12-53-18(5)46)63-38-29(41-16(3)44)33(58-23(10)51)35(26(61-38)13-54-19(6)47)64-37-28(40-15(2)43)31(56-21(8)49)30(55-20(7)48)24(60-37)11-52-17(4)45/h24-38,62H,11-13H2,1-10H3,(H,39,42)(H,40,43)(H,41,44)/t24-,25-,26-,27-,28-,29-,30-,31-,32-,33-,34-,35-,36+,37+,38+/m1/s1. The first kappa shape index (κ1) is 54.0. The van der Waals surface area contributed by atoms with Gasteiger partial charge in [0.05, 0.1) is 10.5 Å². The first-order chi connectivity index (χ1) is 29.9. The second kappa shape index (κ2) is 24.8. The number of thiol groups is 1. The Bertz CT molecular complexity index is 1760. The Labute approximate surface area is 382 Å². The van der Waals surface area contributed by atoms with Gasteiger partial charge >= 0.3 is 41.8 Å². The van der Waals surface area contributed by atoms with Crippen LogP contribution in [0.2, 0.25) is 0 Å². The predicted molar refractivity (Wildman–Crippen MR) is 223 cm³/mol. The Balaban J connectivity index is 2.28. The van der Waals surface area contributed by atoms with Crippen molar-refractivity contribution >= 4 is 95.7 Å². The molecular weight excluding hydrogens is 915 g/mol. The zero-order valence-electron chi connectivity index (χ0n) is 36.7. The number of hydrogen-bond acceptors (Lipinski definition) is 23. The van der Waals surface area contributed by atoms with Crippen LogP contribution >= 0.6 is 36.2 Å². The topological polar surface area (TPSA) is 299 Å². The van der Waals surface area contributed by atoms with E-state index in [-0.39, 0.29) is 0 Å². The van der Waals surface area contributed by atoms with Gasteiger partial charge in [0.2, 0.25) is 17.7 Å². The summed E-state index contributed by atoms with van der Waals surface area (Å²) in [6.07, 6.45) is -9.42. The molecule has 0 saturated carbocycles. The molecule has 0 aliphatic carbocycles. The number of hydrogen-bond donors (Lipinski definition) is 4. The van der Waals surface area contributed by atoms with Gasteiger partial charge in [-0.3, -0.25) is 47.9 Å². The molecule has 64 heavy (non-hydrogen) atoms. The molecule has 0 aromatic rings. The number of amides is 3. The van der Waals surface area contributed by atoms with Crippen LogP contribution in [-0.2, 0) is 95.3 Å². The van der Waals surface area contributed by atoms with Crippen molar-refractivity contribution in [1.82, 2.24) is 16.0 Å². The zero-order chi connectivity index (χ0) is 48.2. The summed E-state index contributed by atoms with van der Waals surface area (Å²) in [7, 11) is 0. The van der Waals surface area contributed by atoms with E-state index in [1.54, 1.807) is 0 Å². The lowest BCUT2D eigenvalue weighted by atomic mass is 9.97. The fourth-order valence-corrected chi connectivity index (χ4v) is 10.7. The summed E-state index contributed by atoms with van der Waals surface area (Å²) in [5.74, 6) is -7.38. The molecule has 360 valence electrons. The summed E-state index contributed by atoms with van der Waals surface area (Å²) in [5, 5.41) is 5.76. The van der Waals surface area contributed by atoms with Gasteiger partial charge in [-0.05, 0) is 0 Å². The van der Waals surface area contributed by atoms with E-state index in [1.165, 1.54) is 13.8 Å². The van der Waals surface area contributed by atoms with E-state index in [0.717, 1.165) is 78.9 Å². The Morgan fingerprint density at radius 2 is 0.734 bits per heavy atom. The van der Waals surface area contributed by atoms with Crippen molar-refractivity contribution in [3.8, 4) is 0 Å². The van der Waals surface area contributed by atoms with Crippen LogP contribution in [0.5, 0.6) is 0 Å². The minimum absolute atomic E-state index is 0.412. The molecular formula is C38H55N3O20S3. The van der Waals surface area contributed by atoms with Gasteiger partial charge in [0.15, 0.2) is 12.2 Å². The summed E-state index contributed by atoms with van der Waals surface area (Å²) in [5.41, 5.74) is -3.81. The molecule has 3 aliphatic heterocycles. The summed E-state index contributed by atoms with van der Waals surface area (Å²) in [4.78, 5) is 125. The molecule has 26 heteroatoms. The third-order valence-corrected chi connectivity index (χ3v) is 12.8. The molecule has 3 saturated heterocycles. The first-order valence-electron chi connectivity index (χ1n) is 19.7. The molecule has 0 aromatic carbocycles. The number of thioether (sulfide) groups is 2. The zero-order valence-corrected chi connectivity index (χ0v) is 39.2. The lowest BCUT2D eigenvalue weighted by Gasteiger charge is -2.51. The van der Waals surface area contributed by atoms with Gasteiger partial charge in [0.25, 0.3) is 0 Å². The lowest BCUT2D eigenvalue weighted by molar-refractivity contribution is -0.212. The fourth-order valence-electron chi connectivity index (χ4n) is 7.09. The first-order valence-corrected chi connectivity index (χ1v) is 22.1. The molecule has 3 fully saturated rings. The number of carbonyl (C=O) groups is 10. The van der Waals surface area contributed by atoms with Gasteiger partial charge in [0.1, 0.15) is 84.8 Å². The van der Waals surface area contributed by atoms with Crippen LogP contribution in [-0.4, -0.2) is 167 Å². The normalized spacial score (nSPS) is 32.3. The molecule has 3 aliphatic rings. The summed E-state index contributed by atoms with van der Waals surface area (Å²) in [6.45, 7) is 9.79. The van der Waals surface area contributed by atoms with E-state index in [1.807, 2.05) is 0 Å². The van der Waals surface area contributed by atoms with Crippen molar-refractivity contribution < 1.29 is 95.3 Å². The van der Waals surface area contributed by atoms with Crippen molar-refractivity contribution in [3.63, 3.8) is 0 Å². The number of ether oxygens (including phenoxy) is 10. The summed E-state index contributed by atoms with van der Waals surface area (Å²) >= 11 is 6.20. The predicted octanol–water partition coefficient (Wildman–Crippen LogP) is -0.775. The Morgan fingerprint density at radius 3 is 1.12 bits per heavy atom. The second-order valence-corrected chi connectivity index (χ2v) is 17.8. The highest BCUT2D eigenvalue weighted by Crippen LogP contribution is 2.45. The number of carbonyl (C=O) groups excluding carboxylic acids is 10. The second-order valence-electron chi connectivity index (χ2n) is 14.7. The highest BCUT2D eigenvalue weighted by atomic mass is 32.2. The van der Waals surface area contributed by atoms with Crippen LogP contribution in [0.15, 0.2) is 0 Å². The van der Waals surface area contributed by atoms with E-state index in [9.17, 15) is 47.9 Å². The van der Waals surface area contributed by atoms with Gasteiger partial charge in [0, 0.05) is 69.2 Å². The SMILES string of the molecule is CC(=O)N[C@@H]1[C@@H](OC(C)=O)[C@H](S[C@@H]2O[C@H](COC(C)=O)[C@@H](S[C@@H]3O[C@H](COC(C)=O)[C@@H](OC(C)=O)[C@H](OC(C)=O)[C@H]3NC(C)=O)[C@H](OC(C)=O)[C@H]2NC(C)=O)[C@@H](COC(C)=O)O[C@H]1S. The molecule has 3 amide bonds. The number of rotatable bonds is 17. The molecule has 0 radical (unpaired) electrons. The molecule has 0 spiro atoms. The minimum Gasteiger partial charge on any atom is -0.463 e. The summed E-state index contributed by atoms with van der Waals surface area (Å²) < 4.78 is 58.0. The third-order valence-electron chi connectivity index (χ3n) is 9.21. The highest BCUT2D eigenvalue weighted by Gasteiger charge is 2.57. The number of nitrogens with one attached hydrogen (secondary N) is 3. The maximum absolute atomic E-state index is 13.1. The monoisotopic (exact) mass is 969 g/mol. The van der Waals surface area contributed by atoms with Crippen molar-refractivity contribution in [2.45, 2.75) is 157 Å². The van der Waals surface area contributed by atoms with Gasteiger partial charge in [-0.25, -0.2) is 0 Å². The maximum atomic E-state index is 13.1. The molecule has 23 nitrogen and oxygen atoms in total. The molecule has 3 heterocycles. The molecule has 0 unspecified atom stereocenters. The van der Waals surface area contributed by atoms with Gasteiger partial charge < -0.3 is 63.3 Å². The van der Waals surface area contributed by atoms with E-state index >= 15 is 0 Å². The molecule has 3 rings (SSSR count). The lowest BCUT2D eigenvalue weighted by Crippen LogP contribution is -2.68. The Hall–Kier alpha value is -4.37. The third kappa shape index (κ3) is 16.3. The largest absolute Gasteiger partial charge is 0.463 e. The van der Waals surface area contributed by atoms with E-state index in [4.69, 9.17) is 47.4 Å². The van der Waals surface area contributed by atoms with Crippen molar-refractivity contribution in [3.05, 3.63) is 0 Å². The molecule has 0 aromatic heterocycles.